The van der Waals surface area contributed by atoms with E-state index in [1.807, 2.05) is 54.2 Å². The van der Waals surface area contributed by atoms with E-state index in [1.165, 1.54) is 5.56 Å². The molecule has 1 spiro atoms. The Morgan fingerprint density at radius 2 is 1.97 bits per heavy atom. The number of anilines is 1. The van der Waals surface area contributed by atoms with Crippen molar-refractivity contribution in [3.8, 4) is 17.0 Å². The fourth-order valence-corrected chi connectivity index (χ4v) is 5.94. The van der Waals surface area contributed by atoms with Crippen LogP contribution in [0.4, 0.5) is 5.82 Å². The number of aryl methyl sites for hydroxylation is 1. The van der Waals surface area contributed by atoms with Crippen LogP contribution in [0.25, 0.3) is 16.8 Å². The average Bonchev–Trinajstić information content (AvgIpc) is 3.44. The highest BCUT2D eigenvalue weighted by Gasteiger charge is 2.46. The van der Waals surface area contributed by atoms with Crippen LogP contribution < -0.4 is 15.4 Å². The molecule has 1 aliphatic carbocycles. The highest BCUT2D eigenvalue weighted by atomic mass is 35.5. The van der Waals surface area contributed by atoms with Crippen LogP contribution in [0.3, 0.4) is 0 Å². The van der Waals surface area contributed by atoms with E-state index in [2.05, 4.69) is 21.0 Å². The lowest BCUT2D eigenvalue weighted by Crippen LogP contribution is -2.44. The summed E-state index contributed by atoms with van der Waals surface area (Å²) in [6.45, 7) is 3.80. The molecular weight excluding hydrogens is 448 g/mol. The fourth-order valence-electron chi connectivity index (χ4n) is 5.73. The van der Waals surface area contributed by atoms with Gasteiger partial charge in [0.05, 0.1) is 29.7 Å². The second-order valence-electron chi connectivity index (χ2n) is 9.39. The molecule has 2 N–H and O–H groups in total. The standard InChI is InChI=1S/C26H27ClN6O/c1-16-23(19-14-17(34-2)5-6-20(19)27)33-22(7-11-30-33)25(31-16)32-12-8-26(9-13-32)15-21-18(24(26)28)4-3-10-29-21/h3-7,10-11,14,24H,8-9,12-13,15,28H2,1-2H3/t24-/m1/s1. The number of benzene rings is 1. The number of fused-ring (bicyclic) bond motifs is 2. The van der Waals surface area contributed by atoms with Crippen LogP contribution in [-0.4, -0.2) is 39.8 Å². The summed E-state index contributed by atoms with van der Waals surface area (Å²) in [5.41, 5.74) is 12.8. The molecule has 0 amide bonds. The molecule has 1 aliphatic heterocycles. The Labute approximate surface area is 203 Å². The maximum Gasteiger partial charge on any atom is 0.155 e. The van der Waals surface area contributed by atoms with Crippen LogP contribution in [0.5, 0.6) is 5.75 Å². The number of hydrogen-bond acceptors (Lipinski definition) is 6. The van der Waals surface area contributed by atoms with Gasteiger partial charge in [0.25, 0.3) is 0 Å². The number of methoxy groups -OCH3 is 1. The Morgan fingerprint density at radius 1 is 1.15 bits per heavy atom. The fraction of sp³-hybridized carbons (Fsp3) is 0.346. The van der Waals surface area contributed by atoms with Crippen LogP contribution in [0, 0.1) is 12.3 Å². The monoisotopic (exact) mass is 474 g/mol. The number of nitrogens with two attached hydrogens (primary N) is 1. The number of aromatic nitrogens is 4. The van der Waals surface area contributed by atoms with E-state index in [9.17, 15) is 0 Å². The van der Waals surface area contributed by atoms with Crippen LogP contribution in [-0.2, 0) is 6.42 Å². The van der Waals surface area contributed by atoms with Gasteiger partial charge in [-0.1, -0.05) is 17.7 Å². The Balaban J connectivity index is 1.34. The molecule has 1 aromatic carbocycles. The van der Waals surface area contributed by atoms with Crippen molar-refractivity contribution in [1.82, 2.24) is 19.6 Å². The summed E-state index contributed by atoms with van der Waals surface area (Å²) in [7, 11) is 1.65. The van der Waals surface area contributed by atoms with Gasteiger partial charge >= 0.3 is 0 Å². The van der Waals surface area contributed by atoms with E-state index in [0.29, 0.717) is 5.02 Å². The summed E-state index contributed by atoms with van der Waals surface area (Å²) < 4.78 is 7.38. The van der Waals surface area contributed by atoms with Crippen molar-refractivity contribution in [2.45, 2.75) is 32.2 Å². The summed E-state index contributed by atoms with van der Waals surface area (Å²) in [5, 5.41) is 5.28. The van der Waals surface area contributed by atoms with E-state index in [-0.39, 0.29) is 11.5 Å². The van der Waals surface area contributed by atoms with E-state index in [4.69, 9.17) is 27.1 Å². The van der Waals surface area contributed by atoms with E-state index in [1.54, 1.807) is 7.11 Å². The number of nitrogens with zero attached hydrogens (tertiary/aromatic N) is 5. The van der Waals surface area contributed by atoms with Gasteiger partial charge in [-0.25, -0.2) is 9.50 Å². The minimum atomic E-state index is 0.0422. The molecule has 7 nitrogen and oxygen atoms in total. The zero-order chi connectivity index (χ0) is 23.4. The number of piperidine rings is 1. The lowest BCUT2D eigenvalue weighted by Gasteiger charge is -2.42. The number of ether oxygens (including phenoxy) is 1. The molecule has 1 atom stereocenters. The highest BCUT2D eigenvalue weighted by Crippen LogP contribution is 2.50. The summed E-state index contributed by atoms with van der Waals surface area (Å²) in [5.74, 6) is 1.70. The molecule has 4 heterocycles. The van der Waals surface area contributed by atoms with Gasteiger partial charge in [0.15, 0.2) is 5.82 Å². The van der Waals surface area contributed by atoms with Crippen LogP contribution in [0.2, 0.25) is 5.02 Å². The van der Waals surface area contributed by atoms with Crippen molar-refractivity contribution in [3.05, 3.63) is 70.8 Å². The third-order valence-electron chi connectivity index (χ3n) is 7.63. The molecule has 2 aliphatic rings. The molecule has 6 rings (SSSR count). The Hall–Kier alpha value is -3.16. The molecule has 8 heteroatoms. The van der Waals surface area contributed by atoms with Crippen molar-refractivity contribution in [1.29, 1.82) is 0 Å². The third-order valence-corrected chi connectivity index (χ3v) is 7.96. The molecule has 4 aromatic rings. The van der Waals surface area contributed by atoms with Crippen LogP contribution >= 0.6 is 11.6 Å². The molecule has 1 saturated heterocycles. The molecule has 174 valence electrons. The summed E-state index contributed by atoms with van der Waals surface area (Å²) in [6.07, 6.45) is 6.67. The van der Waals surface area contributed by atoms with Crippen LogP contribution in [0.1, 0.15) is 35.8 Å². The zero-order valence-corrected chi connectivity index (χ0v) is 20.1. The number of hydrogen-bond donors (Lipinski definition) is 1. The highest BCUT2D eigenvalue weighted by molar-refractivity contribution is 6.33. The molecule has 1 fully saturated rings. The van der Waals surface area contributed by atoms with E-state index < -0.39 is 0 Å². The van der Waals surface area contributed by atoms with Crippen molar-refractivity contribution in [3.63, 3.8) is 0 Å². The first-order valence-corrected chi connectivity index (χ1v) is 12.0. The van der Waals surface area contributed by atoms with Gasteiger partial charge in [-0.05, 0) is 67.5 Å². The lowest BCUT2D eigenvalue weighted by atomic mass is 9.73. The van der Waals surface area contributed by atoms with Crippen molar-refractivity contribution >= 4 is 22.9 Å². The van der Waals surface area contributed by atoms with Gasteiger partial charge in [0.2, 0.25) is 0 Å². The first-order valence-electron chi connectivity index (χ1n) is 11.6. The third kappa shape index (κ3) is 3.18. The molecule has 0 radical (unpaired) electrons. The maximum atomic E-state index is 6.75. The molecule has 34 heavy (non-hydrogen) atoms. The van der Waals surface area contributed by atoms with Gasteiger partial charge in [-0.2, -0.15) is 5.10 Å². The molecular formula is C26H27ClN6O. The van der Waals surface area contributed by atoms with Gasteiger partial charge in [-0.3, -0.25) is 4.98 Å². The van der Waals surface area contributed by atoms with E-state index in [0.717, 1.165) is 72.1 Å². The van der Waals surface area contributed by atoms with E-state index >= 15 is 0 Å². The predicted octanol–water partition coefficient (Wildman–Crippen LogP) is 4.60. The molecule has 0 bridgehead atoms. The minimum Gasteiger partial charge on any atom is -0.497 e. The predicted molar refractivity (Wildman–Crippen MR) is 133 cm³/mol. The van der Waals surface area contributed by atoms with Crippen LogP contribution in [0.15, 0.2) is 48.8 Å². The summed E-state index contributed by atoms with van der Waals surface area (Å²) in [6, 6.07) is 11.8. The molecule has 0 unspecified atom stereocenters. The largest absolute Gasteiger partial charge is 0.497 e. The number of rotatable bonds is 3. The first-order chi connectivity index (χ1) is 16.5. The normalized spacial score (nSPS) is 19.1. The number of halogens is 1. The van der Waals surface area contributed by atoms with Crippen molar-refractivity contribution in [2.24, 2.45) is 11.1 Å². The molecule has 3 aromatic heterocycles. The first kappa shape index (κ1) is 21.4. The SMILES string of the molecule is COc1ccc(Cl)c(-c2c(C)nc(N3CCC4(CC3)Cc3ncccc3[C@H]4N)c3ccnn23)c1. The second-order valence-corrected chi connectivity index (χ2v) is 9.79. The zero-order valence-electron chi connectivity index (χ0n) is 19.3. The van der Waals surface area contributed by atoms with Gasteiger partial charge in [-0.15, -0.1) is 0 Å². The summed E-state index contributed by atoms with van der Waals surface area (Å²) >= 11 is 6.58. The van der Waals surface area contributed by atoms with Crippen molar-refractivity contribution < 1.29 is 4.74 Å². The molecule has 0 saturated carbocycles. The quantitative estimate of drug-likeness (QED) is 0.467. The van der Waals surface area contributed by atoms with Gasteiger partial charge in [0, 0.05) is 36.6 Å². The van der Waals surface area contributed by atoms with Crippen molar-refractivity contribution in [2.75, 3.05) is 25.1 Å². The topological polar surface area (TPSA) is 81.6 Å². The Kier molecular flexibility index (Phi) is 5.00. The smallest absolute Gasteiger partial charge is 0.155 e. The lowest BCUT2D eigenvalue weighted by molar-refractivity contribution is 0.187. The summed E-state index contributed by atoms with van der Waals surface area (Å²) in [4.78, 5) is 12.0. The maximum absolute atomic E-state index is 6.75. The van der Waals surface area contributed by atoms with Gasteiger partial charge < -0.3 is 15.4 Å². The average molecular weight is 475 g/mol. The second kappa shape index (κ2) is 7.96. The van der Waals surface area contributed by atoms with Gasteiger partial charge in [0.1, 0.15) is 11.3 Å². The number of pyridine rings is 1. The Bertz CT molecular complexity index is 1390. The Morgan fingerprint density at radius 3 is 2.74 bits per heavy atom. The minimum absolute atomic E-state index is 0.0422.